The Hall–Kier alpha value is -1.83. The molecule has 1 amide bonds. The third-order valence-electron chi connectivity index (χ3n) is 2.44. The zero-order valence-electron chi connectivity index (χ0n) is 11.1. The van der Waals surface area contributed by atoms with Gasteiger partial charge >= 0.3 is 0 Å². The number of methoxy groups -OCH3 is 1. The van der Waals surface area contributed by atoms with Crippen molar-refractivity contribution in [2.75, 3.05) is 26.9 Å². The molecule has 0 saturated heterocycles. The maximum atomic E-state index is 12.0. The number of rotatable bonds is 6. The zero-order valence-corrected chi connectivity index (χ0v) is 11.1. The first-order valence-corrected chi connectivity index (χ1v) is 6.25. The molecule has 0 aliphatic rings. The normalized spacial score (nSPS) is 9.58. The Bertz CT molecular complexity index is 460. The summed E-state index contributed by atoms with van der Waals surface area (Å²) in [5.41, 5.74) is 1.24. The Balaban J connectivity index is 2.66. The third-order valence-corrected chi connectivity index (χ3v) is 2.44. The Morgan fingerprint density at radius 2 is 2.21 bits per heavy atom. The molecule has 19 heavy (non-hydrogen) atoms. The highest BCUT2D eigenvalue weighted by atomic mass is 16.5. The van der Waals surface area contributed by atoms with Gasteiger partial charge < -0.3 is 15.2 Å². The van der Waals surface area contributed by atoms with E-state index in [9.17, 15) is 4.79 Å². The minimum atomic E-state index is -0.134. The van der Waals surface area contributed by atoms with E-state index in [1.807, 2.05) is 6.07 Å². The molecule has 4 nitrogen and oxygen atoms in total. The van der Waals surface area contributed by atoms with Gasteiger partial charge in [-0.3, -0.25) is 4.79 Å². The van der Waals surface area contributed by atoms with Crippen LogP contribution in [0.4, 0.5) is 0 Å². The Morgan fingerprint density at radius 3 is 2.95 bits per heavy atom. The van der Waals surface area contributed by atoms with Crippen LogP contribution in [0.15, 0.2) is 24.3 Å². The fraction of sp³-hybridized carbons (Fsp3) is 0.400. The van der Waals surface area contributed by atoms with Crippen molar-refractivity contribution in [3.05, 3.63) is 35.4 Å². The van der Waals surface area contributed by atoms with Crippen molar-refractivity contribution in [1.29, 1.82) is 0 Å². The van der Waals surface area contributed by atoms with Gasteiger partial charge in [0, 0.05) is 32.2 Å². The minimum absolute atomic E-state index is 0.0262. The first-order valence-electron chi connectivity index (χ1n) is 6.25. The molecule has 0 heterocycles. The molecule has 0 aromatic heterocycles. The molecule has 0 aliphatic carbocycles. The number of hydrogen-bond donors (Lipinski definition) is 2. The quantitative estimate of drug-likeness (QED) is 0.597. The van der Waals surface area contributed by atoms with Crippen molar-refractivity contribution >= 4 is 5.91 Å². The standard InChI is InChI=1S/C15H19NO3/c1-19-12-6-10-16-15(18)14-9-3-2-7-13(14)8-4-5-11-17/h2-3,7,9,17H,5-6,10-12H2,1H3,(H,16,18). The number of aliphatic hydroxyl groups excluding tert-OH is 1. The van der Waals surface area contributed by atoms with Gasteiger partial charge in [0.15, 0.2) is 0 Å². The molecule has 1 rings (SSSR count). The molecule has 1 aromatic carbocycles. The molecule has 0 bridgehead atoms. The van der Waals surface area contributed by atoms with E-state index in [4.69, 9.17) is 9.84 Å². The summed E-state index contributed by atoms with van der Waals surface area (Å²) in [6.45, 7) is 1.22. The summed E-state index contributed by atoms with van der Waals surface area (Å²) >= 11 is 0. The number of nitrogens with one attached hydrogen (secondary N) is 1. The lowest BCUT2D eigenvalue weighted by Gasteiger charge is -2.06. The van der Waals surface area contributed by atoms with Crippen molar-refractivity contribution < 1.29 is 14.6 Å². The van der Waals surface area contributed by atoms with Crippen LogP contribution in [0.5, 0.6) is 0 Å². The van der Waals surface area contributed by atoms with Crippen molar-refractivity contribution in [3.63, 3.8) is 0 Å². The summed E-state index contributed by atoms with van der Waals surface area (Å²) in [5, 5.41) is 11.5. The van der Waals surface area contributed by atoms with Crippen molar-refractivity contribution in [2.45, 2.75) is 12.8 Å². The first-order chi connectivity index (χ1) is 9.29. The van der Waals surface area contributed by atoms with E-state index >= 15 is 0 Å². The van der Waals surface area contributed by atoms with Gasteiger partial charge in [0.25, 0.3) is 5.91 Å². The van der Waals surface area contributed by atoms with E-state index in [2.05, 4.69) is 17.2 Å². The SMILES string of the molecule is COCCCNC(=O)c1ccccc1C#CCCO. The van der Waals surface area contributed by atoms with Crippen LogP contribution >= 0.6 is 0 Å². The number of carbonyl (C=O) groups is 1. The van der Waals surface area contributed by atoms with Crippen LogP contribution in [0.1, 0.15) is 28.8 Å². The van der Waals surface area contributed by atoms with E-state index in [0.29, 0.717) is 30.7 Å². The minimum Gasteiger partial charge on any atom is -0.395 e. The van der Waals surface area contributed by atoms with Crippen LogP contribution in [0.3, 0.4) is 0 Å². The van der Waals surface area contributed by atoms with E-state index in [1.165, 1.54) is 0 Å². The Labute approximate surface area is 113 Å². The van der Waals surface area contributed by atoms with Gasteiger partial charge in [0.05, 0.1) is 12.2 Å². The monoisotopic (exact) mass is 261 g/mol. The summed E-state index contributed by atoms with van der Waals surface area (Å²) < 4.78 is 4.92. The molecule has 0 radical (unpaired) electrons. The lowest BCUT2D eigenvalue weighted by Crippen LogP contribution is -2.25. The summed E-state index contributed by atoms with van der Waals surface area (Å²) in [7, 11) is 1.63. The molecular formula is C15H19NO3. The van der Waals surface area contributed by atoms with E-state index < -0.39 is 0 Å². The average Bonchev–Trinajstić information content (AvgIpc) is 2.44. The zero-order chi connectivity index (χ0) is 13.9. The first kappa shape index (κ1) is 15.2. The second kappa shape index (κ2) is 9.15. The van der Waals surface area contributed by atoms with Gasteiger partial charge in [0.2, 0.25) is 0 Å². The molecule has 0 unspecified atom stereocenters. The topological polar surface area (TPSA) is 58.6 Å². The fourth-order valence-corrected chi connectivity index (χ4v) is 1.52. The van der Waals surface area contributed by atoms with Crippen LogP contribution in [-0.2, 0) is 4.74 Å². The summed E-state index contributed by atoms with van der Waals surface area (Å²) in [6.07, 6.45) is 1.18. The van der Waals surface area contributed by atoms with E-state index in [0.717, 1.165) is 6.42 Å². The second-order valence-electron chi connectivity index (χ2n) is 3.92. The van der Waals surface area contributed by atoms with Gasteiger partial charge in [-0.15, -0.1) is 0 Å². The molecule has 0 aliphatic heterocycles. The molecule has 2 N–H and O–H groups in total. The van der Waals surface area contributed by atoms with Crippen molar-refractivity contribution in [2.24, 2.45) is 0 Å². The smallest absolute Gasteiger partial charge is 0.252 e. The second-order valence-corrected chi connectivity index (χ2v) is 3.92. The predicted molar refractivity (Wildman–Crippen MR) is 73.8 cm³/mol. The van der Waals surface area contributed by atoms with Crippen LogP contribution < -0.4 is 5.32 Å². The number of aliphatic hydroxyl groups is 1. The maximum absolute atomic E-state index is 12.0. The molecule has 102 valence electrons. The molecule has 4 heteroatoms. The van der Waals surface area contributed by atoms with Crippen LogP contribution in [0, 0.1) is 11.8 Å². The Morgan fingerprint density at radius 1 is 1.42 bits per heavy atom. The maximum Gasteiger partial charge on any atom is 0.252 e. The van der Waals surface area contributed by atoms with Gasteiger partial charge in [-0.1, -0.05) is 24.0 Å². The lowest BCUT2D eigenvalue weighted by atomic mass is 10.1. The van der Waals surface area contributed by atoms with Gasteiger partial charge in [-0.2, -0.15) is 0 Å². The summed E-state index contributed by atoms with van der Waals surface area (Å²) in [6, 6.07) is 7.19. The van der Waals surface area contributed by atoms with Gasteiger partial charge in [-0.25, -0.2) is 0 Å². The highest BCUT2D eigenvalue weighted by Crippen LogP contribution is 2.07. The summed E-state index contributed by atoms with van der Waals surface area (Å²) in [5.74, 6) is 5.59. The predicted octanol–water partition coefficient (Wildman–Crippen LogP) is 1.19. The number of hydrogen-bond acceptors (Lipinski definition) is 3. The Kier molecular flexibility index (Phi) is 7.33. The van der Waals surface area contributed by atoms with Crippen molar-refractivity contribution in [3.8, 4) is 11.8 Å². The van der Waals surface area contributed by atoms with E-state index in [-0.39, 0.29) is 12.5 Å². The molecule has 0 saturated carbocycles. The molecule has 0 fully saturated rings. The molecular weight excluding hydrogens is 242 g/mol. The fourth-order valence-electron chi connectivity index (χ4n) is 1.52. The highest BCUT2D eigenvalue weighted by Gasteiger charge is 2.08. The largest absolute Gasteiger partial charge is 0.395 e. The third kappa shape index (κ3) is 5.56. The molecule has 0 spiro atoms. The number of carbonyl (C=O) groups excluding carboxylic acids is 1. The van der Waals surface area contributed by atoms with Crippen molar-refractivity contribution in [1.82, 2.24) is 5.32 Å². The number of amides is 1. The average molecular weight is 261 g/mol. The van der Waals surface area contributed by atoms with Crippen LogP contribution in [-0.4, -0.2) is 37.9 Å². The molecule has 1 aromatic rings. The van der Waals surface area contributed by atoms with Gasteiger partial charge in [0.1, 0.15) is 0 Å². The highest BCUT2D eigenvalue weighted by molar-refractivity contribution is 5.96. The lowest BCUT2D eigenvalue weighted by molar-refractivity contribution is 0.0948. The number of benzene rings is 1. The molecule has 0 atom stereocenters. The summed E-state index contributed by atoms with van der Waals surface area (Å²) in [4.78, 5) is 12.0. The van der Waals surface area contributed by atoms with Crippen LogP contribution in [0.25, 0.3) is 0 Å². The van der Waals surface area contributed by atoms with E-state index in [1.54, 1.807) is 25.3 Å². The van der Waals surface area contributed by atoms with Crippen LogP contribution in [0.2, 0.25) is 0 Å². The van der Waals surface area contributed by atoms with Gasteiger partial charge in [-0.05, 0) is 18.6 Å². The number of ether oxygens (including phenoxy) is 1.